The number of aliphatic hydroxyl groups is 1. The lowest BCUT2D eigenvalue weighted by Gasteiger charge is -2.44. The summed E-state index contributed by atoms with van der Waals surface area (Å²) in [5, 5.41) is 12.4. The molecule has 3 heteroatoms. The van der Waals surface area contributed by atoms with Gasteiger partial charge in [0.1, 0.15) is 5.75 Å². The molecule has 2 atom stereocenters. The van der Waals surface area contributed by atoms with Crippen LogP contribution in [0, 0.1) is 0 Å². The molecule has 2 bridgehead atoms. The van der Waals surface area contributed by atoms with Crippen LogP contribution in [0.5, 0.6) is 5.75 Å². The maximum atomic E-state index is 11.0. The minimum Gasteiger partial charge on any atom is -0.493 e. The molecule has 3 heterocycles. The second-order valence-corrected chi connectivity index (χ2v) is 8.59. The van der Waals surface area contributed by atoms with E-state index in [1.807, 2.05) is 0 Å². The van der Waals surface area contributed by atoms with E-state index in [9.17, 15) is 5.11 Å². The summed E-state index contributed by atoms with van der Waals surface area (Å²) in [5.41, 5.74) is 2.28. The van der Waals surface area contributed by atoms with E-state index in [2.05, 4.69) is 30.0 Å². The van der Waals surface area contributed by atoms with Gasteiger partial charge in [0, 0.05) is 16.9 Å². The van der Waals surface area contributed by atoms with E-state index >= 15 is 0 Å². The van der Waals surface area contributed by atoms with Gasteiger partial charge in [-0.2, -0.15) is 11.8 Å². The molecular formula is C18H24O2S. The molecule has 1 aromatic carbocycles. The summed E-state index contributed by atoms with van der Waals surface area (Å²) in [5.74, 6) is 1.06. The van der Waals surface area contributed by atoms with Gasteiger partial charge in [0.05, 0.1) is 12.2 Å². The van der Waals surface area contributed by atoms with Crippen LogP contribution in [0.25, 0.3) is 0 Å². The molecule has 114 valence electrons. The molecule has 3 aliphatic rings. The fourth-order valence-electron chi connectivity index (χ4n) is 4.19. The van der Waals surface area contributed by atoms with Gasteiger partial charge in [-0.15, -0.1) is 0 Å². The zero-order chi connectivity index (χ0) is 14.3. The van der Waals surface area contributed by atoms with E-state index < -0.39 is 5.60 Å². The largest absolute Gasteiger partial charge is 0.493 e. The van der Waals surface area contributed by atoms with Gasteiger partial charge >= 0.3 is 0 Å². The summed E-state index contributed by atoms with van der Waals surface area (Å²) < 4.78 is 5.57. The van der Waals surface area contributed by atoms with Crippen LogP contribution in [0.1, 0.15) is 49.7 Å². The van der Waals surface area contributed by atoms with Crippen LogP contribution in [0.2, 0.25) is 0 Å². The highest BCUT2D eigenvalue weighted by molar-refractivity contribution is 8.00. The minimum absolute atomic E-state index is 0.420. The second kappa shape index (κ2) is 5.51. The standard InChI is InChI=1S/C18H24O2S/c19-18(11-15-2-1-3-16(12-18)21-15)8-6-13-4-5-17-14(10-13)7-9-20-17/h4-5,10,15-16,19H,1-3,6-9,11-12H2. The molecule has 0 aliphatic carbocycles. The van der Waals surface area contributed by atoms with Crippen molar-refractivity contribution in [2.75, 3.05) is 6.61 Å². The van der Waals surface area contributed by atoms with Crippen LogP contribution in [-0.4, -0.2) is 27.8 Å². The maximum absolute atomic E-state index is 11.0. The zero-order valence-corrected chi connectivity index (χ0v) is 13.3. The molecule has 0 aromatic heterocycles. The highest BCUT2D eigenvalue weighted by Crippen LogP contribution is 2.47. The Balaban J connectivity index is 1.41. The van der Waals surface area contributed by atoms with E-state index in [1.165, 1.54) is 30.4 Å². The van der Waals surface area contributed by atoms with Crippen LogP contribution in [0.4, 0.5) is 0 Å². The molecule has 0 saturated carbocycles. The fraction of sp³-hybridized carbons (Fsp3) is 0.667. The third-order valence-corrected chi connectivity index (χ3v) is 6.86. The topological polar surface area (TPSA) is 29.5 Å². The van der Waals surface area contributed by atoms with Gasteiger partial charge in [-0.3, -0.25) is 0 Å². The normalized spacial score (nSPS) is 34.3. The lowest BCUT2D eigenvalue weighted by atomic mass is 9.81. The van der Waals surface area contributed by atoms with Crippen molar-refractivity contribution in [3.8, 4) is 5.75 Å². The summed E-state index contributed by atoms with van der Waals surface area (Å²) in [6.07, 6.45) is 8.93. The first-order valence-corrected chi connectivity index (χ1v) is 9.27. The number of rotatable bonds is 3. The molecule has 21 heavy (non-hydrogen) atoms. The van der Waals surface area contributed by atoms with Crippen LogP contribution in [0.15, 0.2) is 18.2 Å². The summed E-state index contributed by atoms with van der Waals surface area (Å²) in [6, 6.07) is 6.56. The Morgan fingerprint density at radius 2 is 2.05 bits per heavy atom. The van der Waals surface area contributed by atoms with Crippen LogP contribution >= 0.6 is 11.8 Å². The molecule has 1 N–H and O–H groups in total. The van der Waals surface area contributed by atoms with E-state index in [-0.39, 0.29) is 0 Å². The molecule has 4 rings (SSSR count). The van der Waals surface area contributed by atoms with Crippen molar-refractivity contribution >= 4 is 11.8 Å². The van der Waals surface area contributed by atoms with Crippen molar-refractivity contribution < 1.29 is 9.84 Å². The molecule has 2 unspecified atom stereocenters. The third kappa shape index (κ3) is 2.95. The number of hydrogen-bond acceptors (Lipinski definition) is 3. The zero-order valence-electron chi connectivity index (χ0n) is 12.5. The van der Waals surface area contributed by atoms with E-state index in [1.54, 1.807) is 0 Å². The Kier molecular flexibility index (Phi) is 3.66. The van der Waals surface area contributed by atoms with Gasteiger partial charge in [0.25, 0.3) is 0 Å². The summed E-state index contributed by atoms with van der Waals surface area (Å²) in [4.78, 5) is 0. The highest BCUT2D eigenvalue weighted by atomic mass is 32.2. The summed E-state index contributed by atoms with van der Waals surface area (Å²) in [7, 11) is 0. The smallest absolute Gasteiger partial charge is 0.122 e. The van der Waals surface area contributed by atoms with Gasteiger partial charge in [-0.25, -0.2) is 0 Å². The first-order valence-electron chi connectivity index (χ1n) is 8.33. The number of aryl methyl sites for hydroxylation is 1. The predicted molar refractivity (Wildman–Crippen MR) is 87.2 cm³/mol. The Hall–Kier alpha value is -0.670. The maximum Gasteiger partial charge on any atom is 0.122 e. The van der Waals surface area contributed by atoms with Crippen LogP contribution in [0.3, 0.4) is 0 Å². The molecule has 3 aliphatic heterocycles. The van der Waals surface area contributed by atoms with Gasteiger partial charge < -0.3 is 9.84 Å². The SMILES string of the molecule is OC1(CCc2ccc3c(c2)CCO3)CC2CCCC(C1)S2. The predicted octanol–water partition coefficient (Wildman–Crippen LogP) is 3.73. The molecule has 0 amide bonds. The monoisotopic (exact) mass is 304 g/mol. The van der Waals surface area contributed by atoms with Crippen molar-refractivity contribution in [3.05, 3.63) is 29.3 Å². The Morgan fingerprint density at radius 1 is 1.24 bits per heavy atom. The molecule has 0 radical (unpaired) electrons. The van der Waals surface area contributed by atoms with Crippen molar-refractivity contribution in [1.82, 2.24) is 0 Å². The van der Waals surface area contributed by atoms with E-state index in [0.717, 1.165) is 44.5 Å². The quantitative estimate of drug-likeness (QED) is 0.922. The van der Waals surface area contributed by atoms with Crippen LogP contribution in [-0.2, 0) is 12.8 Å². The van der Waals surface area contributed by atoms with E-state index in [0.29, 0.717) is 10.5 Å². The Labute approximate surface area is 131 Å². The average Bonchev–Trinajstić information content (AvgIpc) is 2.92. The lowest BCUT2D eigenvalue weighted by Crippen LogP contribution is -2.43. The number of hydrogen-bond donors (Lipinski definition) is 1. The van der Waals surface area contributed by atoms with Gasteiger partial charge in [-0.1, -0.05) is 18.6 Å². The second-order valence-electron chi connectivity index (χ2n) is 6.98. The van der Waals surface area contributed by atoms with E-state index in [4.69, 9.17) is 4.74 Å². The Bertz CT molecular complexity index is 516. The minimum atomic E-state index is -0.420. The molecule has 2 nitrogen and oxygen atoms in total. The van der Waals surface area contributed by atoms with Crippen molar-refractivity contribution in [2.24, 2.45) is 0 Å². The fourth-order valence-corrected chi connectivity index (χ4v) is 6.15. The van der Waals surface area contributed by atoms with Gasteiger partial charge in [-0.05, 0) is 55.7 Å². The van der Waals surface area contributed by atoms with Gasteiger partial charge in [0.15, 0.2) is 0 Å². The van der Waals surface area contributed by atoms with Crippen molar-refractivity contribution in [1.29, 1.82) is 0 Å². The first-order chi connectivity index (χ1) is 10.2. The molecule has 0 spiro atoms. The van der Waals surface area contributed by atoms with Gasteiger partial charge in [0.2, 0.25) is 0 Å². The number of ether oxygens (including phenoxy) is 1. The first kappa shape index (κ1) is 14.0. The molecule has 2 saturated heterocycles. The number of thioether (sulfide) groups is 1. The number of fused-ring (bicyclic) bond motifs is 3. The number of benzene rings is 1. The summed E-state index contributed by atoms with van der Waals surface area (Å²) >= 11 is 2.14. The van der Waals surface area contributed by atoms with Crippen molar-refractivity contribution in [2.45, 2.75) is 67.5 Å². The molecular weight excluding hydrogens is 280 g/mol. The molecule has 2 fully saturated rings. The highest BCUT2D eigenvalue weighted by Gasteiger charge is 2.40. The summed E-state index contributed by atoms with van der Waals surface area (Å²) in [6.45, 7) is 0.823. The molecule has 1 aromatic rings. The van der Waals surface area contributed by atoms with Crippen LogP contribution < -0.4 is 4.74 Å². The third-order valence-electron chi connectivity index (χ3n) is 5.29. The Morgan fingerprint density at radius 3 is 2.86 bits per heavy atom. The lowest BCUT2D eigenvalue weighted by molar-refractivity contribution is 0.00489. The van der Waals surface area contributed by atoms with Crippen molar-refractivity contribution in [3.63, 3.8) is 0 Å². The average molecular weight is 304 g/mol.